The molecule has 2 heterocycles. The number of fused-ring (bicyclic) bond motifs is 1. The zero-order valence-corrected chi connectivity index (χ0v) is 18.2. The Labute approximate surface area is 180 Å². The van der Waals surface area contributed by atoms with Gasteiger partial charge in [-0.2, -0.15) is 0 Å². The molecule has 9 heteroatoms. The van der Waals surface area contributed by atoms with Gasteiger partial charge in [-0.15, -0.1) is 34.2 Å². The molecule has 0 fully saturated rings. The molecule has 28 heavy (non-hydrogen) atoms. The molecule has 3 aromatic rings. The highest BCUT2D eigenvalue weighted by atomic mass is 127. The lowest BCUT2D eigenvalue weighted by Crippen LogP contribution is -2.37. The van der Waals surface area contributed by atoms with E-state index >= 15 is 0 Å². The van der Waals surface area contributed by atoms with Crippen molar-refractivity contribution >= 4 is 41.5 Å². The summed E-state index contributed by atoms with van der Waals surface area (Å²) in [6.07, 6.45) is 1.93. The van der Waals surface area contributed by atoms with Crippen LogP contribution in [0.5, 0.6) is 0 Å². The van der Waals surface area contributed by atoms with E-state index in [2.05, 4.69) is 31.1 Å². The molecular formula is C19H24IN7O. The molecule has 0 atom stereocenters. The first kappa shape index (κ1) is 21.6. The fourth-order valence-electron chi connectivity index (χ4n) is 2.59. The van der Waals surface area contributed by atoms with Gasteiger partial charge in [0.05, 0.1) is 13.1 Å². The van der Waals surface area contributed by atoms with Crippen molar-refractivity contribution in [3.8, 4) is 0 Å². The minimum atomic E-state index is -0.0967. The van der Waals surface area contributed by atoms with Gasteiger partial charge in [0.2, 0.25) is 0 Å². The predicted molar refractivity (Wildman–Crippen MR) is 120 cm³/mol. The number of halogens is 1. The smallest absolute Gasteiger partial charge is 0.251 e. The van der Waals surface area contributed by atoms with Crippen LogP contribution in [0.15, 0.2) is 53.7 Å². The zero-order chi connectivity index (χ0) is 19.1. The van der Waals surface area contributed by atoms with Crippen molar-refractivity contribution in [1.82, 2.24) is 30.5 Å². The van der Waals surface area contributed by atoms with Gasteiger partial charge in [0.25, 0.3) is 5.91 Å². The lowest BCUT2D eigenvalue weighted by Gasteiger charge is -2.10. The molecule has 0 saturated carbocycles. The van der Waals surface area contributed by atoms with Crippen LogP contribution in [0.3, 0.4) is 0 Å². The standard InChI is InChI=1S/C19H23N7O.HI/c1-3-21-19(22-12-14-7-9-15(10-8-14)18(27)20-2)23-13-17-25-24-16-6-4-5-11-26(16)17;/h4-11H,3,12-13H2,1-2H3,(H,20,27)(H2,21,22,23);1H. The summed E-state index contributed by atoms with van der Waals surface area (Å²) in [4.78, 5) is 16.2. The fraction of sp³-hybridized carbons (Fsp3) is 0.263. The molecule has 2 aromatic heterocycles. The van der Waals surface area contributed by atoms with E-state index in [0.29, 0.717) is 24.6 Å². The lowest BCUT2D eigenvalue weighted by molar-refractivity contribution is 0.0963. The molecule has 148 valence electrons. The van der Waals surface area contributed by atoms with Gasteiger partial charge in [0, 0.05) is 25.4 Å². The van der Waals surface area contributed by atoms with E-state index in [1.54, 1.807) is 19.2 Å². The number of pyridine rings is 1. The maximum absolute atomic E-state index is 11.6. The van der Waals surface area contributed by atoms with Crippen LogP contribution < -0.4 is 16.0 Å². The second-order valence-electron chi connectivity index (χ2n) is 5.87. The Balaban J connectivity index is 0.00000280. The van der Waals surface area contributed by atoms with Crippen molar-refractivity contribution in [3.63, 3.8) is 0 Å². The van der Waals surface area contributed by atoms with Crippen LogP contribution >= 0.6 is 24.0 Å². The molecule has 0 aliphatic carbocycles. The predicted octanol–water partition coefficient (Wildman–Crippen LogP) is 1.96. The minimum absolute atomic E-state index is 0. The van der Waals surface area contributed by atoms with Crippen LogP contribution in [0, 0.1) is 0 Å². The van der Waals surface area contributed by atoms with E-state index in [-0.39, 0.29) is 29.9 Å². The maximum Gasteiger partial charge on any atom is 0.251 e. The highest BCUT2D eigenvalue weighted by Gasteiger charge is 2.06. The second-order valence-corrected chi connectivity index (χ2v) is 5.87. The Morgan fingerprint density at radius 1 is 1.11 bits per heavy atom. The molecule has 0 saturated heterocycles. The molecule has 0 aliphatic heterocycles. The maximum atomic E-state index is 11.6. The summed E-state index contributed by atoms with van der Waals surface area (Å²) >= 11 is 0. The second kappa shape index (κ2) is 10.6. The molecule has 0 bridgehead atoms. The third kappa shape index (κ3) is 5.41. The largest absolute Gasteiger partial charge is 0.357 e. The average molecular weight is 493 g/mol. The van der Waals surface area contributed by atoms with E-state index in [1.165, 1.54) is 0 Å². The molecule has 3 rings (SSSR count). The molecule has 0 spiro atoms. The SMILES string of the molecule is CCNC(=NCc1ccc(C(=O)NC)cc1)NCc1nnc2ccccn12.I. The number of guanidine groups is 1. The molecule has 0 unspecified atom stereocenters. The molecular weight excluding hydrogens is 469 g/mol. The molecule has 8 nitrogen and oxygen atoms in total. The molecule has 0 radical (unpaired) electrons. The van der Waals surface area contributed by atoms with Gasteiger partial charge >= 0.3 is 0 Å². The molecule has 0 aliphatic rings. The quantitative estimate of drug-likeness (QED) is 0.277. The monoisotopic (exact) mass is 493 g/mol. The van der Waals surface area contributed by atoms with Crippen LogP contribution in [0.25, 0.3) is 5.65 Å². The zero-order valence-electron chi connectivity index (χ0n) is 15.8. The number of aromatic nitrogens is 3. The lowest BCUT2D eigenvalue weighted by atomic mass is 10.1. The topological polar surface area (TPSA) is 95.7 Å². The third-order valence-corrected chi connectivity index (χ3v) is 4.01. The summed E-state index contributed by atoms with van der Waals surface area (Å²) in [6, 6.07) is 13.2. The van der Waals surface area contributed by atoms with Crippen LogP contribution in [-0.4, -0.2) is 40.1 Å². The van der Waals surface area contributed by atoms with Gasteiger partial charge < -0.3 is 16.0 Å². The van der Waals surface area contributed by atoms with Gasteiger partial charge in [-0.25, -0.2) is 4.99 Å². The van der Waals surface area contributed by atoms with E-state index in [1.807, 2.05) is 47.9 Å². The Kier molecular flexibility index (Phi) is 8.18. The van der Waals surface area contributed by atoms with Crippen LogP contribution in [0.4, 0.5) is 0 Å². The average Bonchev–Trinajstić information content (AvgIpc) is 3.13. The van der Waals surface area contributed by atoms with Crippen molar-refractivity contribution in [2.45, 2.75) is 20.0 Å². The summed E-state index contributed by atoms with van der Waals surface area (Å²) in [6.45, 7) is 3.78. The number of amides is 1. The highest BCUT2D eigenvalue weighted by Crippen LogP contribution is 2.06. The number of hydrogen-bond acceptors (Lipinski definition) is 4. The summed E-state index contributed by atoms with van der Waals surface area (Å²) in [5, 5.41) is 17.5. The summed E-state index contributed by atoms with van der Waals surface area (Å²) in [5.41, 5.74) is 2.47. The van der Waals surface area contributed by atoms with Crippen molar-refractivity contribution < 1.29 is 4.79 Å². The van der Waals surface area contributed by atoms with Crippen molar-refractivity contribution in [3.05, 3.63) is 65.6 Å². The summed E-state index contributed by atoms with van der Waals surface area (Å²) in [5.74, 6) is 1.41. The third-order valence-electron chi connectivity index (χ3n) is 4.01. The minimum Gasteiger partial charge on any atom is -0.357 e. The molecule has 3 N–H and O–H groups in total. The number of nitrogens with one attached hydrogen (secondary N) is 3. The first-order valence-electron chi connectivity index (χ1n) is 8.83. The number of carbonyl (C=O) groups is 1. The van der Waals surface area contributed by atoms with Crippen molar-refractivity contribution in [2.24, 2.45) is 4.99 Å². The first-order valence-corrected chi connectivity index (χ1v) is 8.83. The number of aliphatic imine (C=N–C) groups is 1. The number of rotatable bonds is 6. The Morgan fingerprint density at radius 2 is 1.89 bits per heavy atom. The van der Waals surface area contributed by atoms with Gasteiger partial charge in [-0.3, -0.25) is 9.20 Å². The number of hydrogen-bond donors (Lipinski definition) is 3. The number of nitrogens with zero attached hydrogens (tertiary/aromatic N) is 4. The van der Waals surface area contributed by atoms with E-state index in [9.17, 15) is 4.79 Å². The molecule has 1 aromatic carbocycles. The van der Waals surface area contributed by atoms with Crippen LogP contribution in [0.1, 0.15) is 28.7 Å². The van der Waals surface area contributed by atoms with Crippen LogP contribution in [-0.2, 0) is 13.1 Å². The summed E-state index contributed by atoms with van der Waals surface area (Å²) in [7, 11) is 1.62. The van der Waals surface area contributed by atoms with E-state index in [4.69, 9.17) is 0 Å². The first-order chi connectivity index (χ1) is 13.2. The normalized spacial score (nSPS) is 11.0. The van der Waals surface area contributed by atoms with Gasteiger partial charge in [-0.05, 0) is 36.8 Å². The Morgan fingerprint density at radius 3 is 2.61 bits per heavy atom. The Bertz CT molecular complexity index is 937. The van der Waals surface area contributed by atoms with Crippen molar-refractivity contribution in [1.29, 1.82) is 0 Å². The van der Waals surface area contributed by atoms with Crippen LogP contribution in [0.2, 0.25) is 0 Å². The van der Waals surface area contributed by atoms with Crippen molar-refractivity contribution in [2.75, 3.05) is 13.6 Å². The molecule has 1 amide bonds. The summed E-state index contributed by atoms with van der Waals surface area (Å²) < 4.78 is 1.94. The highest BCUT2D eigenvalue weighted by molar-refractivity contribution is 14.0. The van der Waals surface area contributed by atoms with Gasteiger partial charge in [0.1, 0.15) is 0 Å². The number of carbonyl (C=O) groups excluding carboxylic acids is 1. The van der Waals surface area contributed by atoms with E-state index in [0.717, 1.165) is 23.6 Å². The Hall–Kier alpha value is -2.69. The van der Waals surface area contributed by atoms with Gasteiger partial charge in [0.15, 0.2) is 17.4 Å². The fourth-order valence-corrected chi connectivity index (χ4v) is 2.59. The van der Waals surface area contributed by atoms with Gasteiger partial charge in [-0.1, -0.05) is 18.2 Å². The van der Waals surface area contributed by atoms with E-state index < -0.39 is 0 Å². The number of benzene rings is 1.